The van der Waals surface area contributed by atoms with Crippen LogP contribution in [0.25, 0.3) is 21.5 Å². The van der Waals surface area contributed by atoms with E-state index in [-0.39, 0.29) is 5.91 Å². The molecule has 0 saturated carbocycles. The molecule has 0 bridgehead atoms. The molecule has 0 radical (unpaired) electrons. The highest BCUT2D eigenvalue weighted by atomic mass is 32.1. The van der Waals surface area contributed by atoms with Crippen LogP contribution in [0.1, 0.15) is 46.6 Å². The largest absolute Gasteiger partial charge is 0.476 e. The van der Waals surface area contributed by atoms with Gasteiger partial charge in [-0.2, -0.15) is 5.10 Å². The van der Waals surface area contributed by atoms with Crippen LogP contribution in [-0.2, 0) is 12.8 Å². The van der Waals surface area contributed by atoms with Gasteiger partial charge in [-0.15, -0.1) is 11.3 Å². The highest BCUT2D eigenvalue weighted by Crippen LogP contribution is 2.35. The number of rotatable bonds is 10. The summed E-state index contributed by atoms with van der Waals surface area (Å²) in [5.41, 5.74) is 5.79. The number of carbonyl (C=O) groups excluding carboxylic acids is 1. The smallest absolute Gasteiger partial charge is 0.266 e. The lowest BCUT2D eigenvalue weighted by molar-refractivity contribution is 0.0963. The molecule has 0 saturated heterocycles. The number of carbonyl (C=O) groups is 1. The van der Waals surface area contributed by atoms with E-state index in [1.807, 2.05) is 30.3 Å². The van der Waals surface area contributed by atoms with Crippen molar-refractivity contribution in [2.45, 2.75) is 38.5 Å². The zero-order valence-corrected chi connectivity index (χ0v) is 23.4. The van der Waals surface area contributed by atoms with Gasteiger partial charge >= 0.3 is 0 Å². The number of benzene rings is 1. The standard InChI is InChI=1S/C29H32N8O2S/c1-31-24-16-18(13-14-33-24)29-36-28(26(40-29)27(38)32-2)39-15-7-8-19(37-30)17-34-25-20-9-3-5-11-22(20)35-23-12-6-4-10-21(23)25/h3,5,9,11,13-14,16-17H,4,6-8,10,12,15,30H2,1-2H3,(H,31,33)(H,32,38). The van der Waals surface area contributed by atoms with Crippen molar-refractivity contribution in [1.29, 1.82) is 0 Å². The first-order valence-electron chi connectivity index (χ1n) is 13.3. The Hall–Kier alpha value is -4.38. The molecule has 40 heavy (non-hydrogen) atoms. The summed E-state index contributed by atoms with van der Waals surface area (Å²) in [4.78, 5) is 31.5. The van der Waals surface area contributed by atoms with E-state index in [2.05, 4.69) is 31.8 Å². The number of pyridine rings is 2. The average Bonchev–Trinajstić information content (AvgIpc) is 3.44. The lowest BCUT2D eigenvalue weighted by atomic mass is 9.93. The summed E-state index contributed by atoms with van der Waals surface area (Å²) >= 11 is 1.28. The maximum absolute atomic E-state index is 12.5. The van der Waals surface area contributed by atoms with Gasteiger partial charge in [-0.3, -0.25) is 14.8 Å². The summed E-state index contributed by atoms with van der Waals surface area (Å²) in [5, 5.41) is 11.4. The van der Waals surface area contributed by atoms with Gasteiger partial charge in [0, 0.05) is 36.9 Å². The lowest BCUT2D eigenvalue weighted by Gasteiger charge is -2.18. The Labute approximate surface area is 236 Å². The number of amides is 1. The molecule has 0 unspecified atom stereocenters. The molecule has 3 heterocycles. The van der Waals surface area contributed by atoms with Crippen LogP contribution < -0.4 is 21.2 Å². The Kier molecular flexibility index (Phi) is 8.60. The number of nitrogens with two attached hydrogens (primary N) is 1. The molecule has 1 aromatic carbocycles. The van der Waals surface area contributed by atoms with Gasteiger partial charge in [0.2, 0.25) is 5.88 Å². The summed E-state index contributed by atoms with van der Waals surface area (Å²) in [7, 11) is 3.39. The Bertz CT molecular complexity index is 1580. The quantitative estimate of drug-likeness (QED) is 0.109. The van der Waals surface area contributed by atoms with Crippen molar-refractivity contribution >= 4 is 51.6 Å². The Morgan fingerprint density at radius 2 is 2.02 bits per heavy atom. The zero-order chi connectivity index (χ0) is 27.9. The summed E-state index contributed by atoms with van der Waals surface area (Å²) in [5.74, 6) is 6.50. The molecule has 1 aliphatic carbocycles. The Morgan fingerprint density at radius 1 is 1.18 bits per heavy atom. The van der Waals surface area contributed by atoms with Crippen molar-refractivity contribution in [3.63, 3.8) is 0 Å². The summed E-state index contributed by atoms with van der Waals surface area (Å²) in [6.45, 7) is 0.339. The molecule has 206 valence electrons. The molecule has 1 amide bonds. The fourth-order valence-corrected chi connectivity index (χ4v) is 5.66. The molecule has 1 aliphatic rings. The van der Waals surface area contributed by atoms with Crippen LogP contribution in [0.3, 0.4) is 0 Å². The number of aromatic nitrogens is 3. The van der Waals surface area contributed by atoms with Crippen molar-refractivity contribution in [1.82, 2.24) is 20.3 Å². The molecule has 10 nitrogen and oxygen atoms in total. The third kappa shape index (κ3) is 5.94. The minimum atomic E-state index is -0.245. The normalized spacial score (nSPS) is 13.4. The van der Waals surface area contributed by atoms with E-state index < -0.39 is 0 Å². The minimum Gasteiger partial charge on any atom is -0.476 e. The molecule has 0 atom stereocenters. The lowest BCUT2D eigenvalue weighted by Crippen LogP contribution is -2.17. The number of fused-ring (bicyclic) bond motifs is 2. The van der Waals surface area contributed by atoms with Crippen LogP contribution in [0.4, 0.5) is 11.5 Å². The number of aryl methyl sites for hydroxylation is 1. The van der Waals surface area contributed by atoms with Gasteiger partial charge in [-0.1, -0.05) is 18.2 Å². The predicted octanol–water partition coefficient (Wildman–Crippen LogP) is 4.91. The third-order valence-electron chi connectivity index (χ3n) is 6.76. The first kappa shape index (κ1) is 27.2. The van der Waals surface area contributed by atoms with Crippen LogP contribution in [0.15, 0.2) is 52.7 Å². The topological polar surface area (TPSA) is 140 Å². The van der Waals surface area contributed by atoms with Gasteiger partial charge in [-0.25, -0.2) is 9.97 Å². The number of hydrogen-bond acceptors (Lipinski definition) is 10. The first-order valence-corrected chi connectivity index (χ1v) is 14.1. The van der Waals surface area contributed by atoms with Gasteiger partial charge in [0.25, 0.3) is 5.91 Å². The molecule has 11 heteroatoms. The molecular weight excluding hydrogens is 524 g/mol. The average molecular weight is 557 g/mol. The summed E-state index contributed by atoms with van der Waals surface area (Å²) in [6.07, 6.45) is 8.87. The number of hydrogen-bond donors (Lipinski definition) is 3. The number of nitrogens with zero attached hydrogens (tertiary/aromatic N) is 5. The molecule has 0 spiro atoms. The van der Waals surface area contributed by atoms with E-state index in [9.17, 15) is 4.79 Å². The van der Waals surface area contributed by atoms with Crippen LogP contribution in [0.2, 0.25) is 0 Å². The third-order valence-corrected chi connectivity index (χ3v) is 7.84. The van der Waals surface area contributed by atoms with Crippen molar-refractivity contribution in [3.8, 4) is 16.5 Å². The van der Waals surface area contributed by atoms with Gasteiger partial charge in [0.1, 0.15) is 10.8 Å². The maximum atomic E-state index is 12.5. The highest BCUT2D eigenvalue weighted by Gasteiger charge is 2.20. The van der Waals surface area contributed by atoms with E-state index in [4.69, 9.17) is 20.6 Å². The number of ether oxygens (including phenoxy) is 1. The van der Waals surface area contributed by atoms with E-state index >= 15 is 0 Å². The number of thiazole rings is 1. The zero-order valence-electron chi connectivity index (χ0n) is 22.6. The van der Waals surface area contributed by atoms with Crippen LogP contribution in [0, 0.1) is 0 Å². The van der Waals surface area contributed by atoms with E-state index in [0.29, 0.717) is 46.7 Å². The van der Waals surface area contributed by atoms with Crippen molar-refractivity contribution in [2.75, 3.05) is 26.0 Å². The van der Waals surface area contributed by atoms with Crippen molar-refractivity contribution in [3.05, 3.63) is 58.7 Å². The van der Waals surface area contributed by atoms with Gasteiger partial charge in [0.05, 0.1) is 29.7 Å². The second kappa shape index (κ2) is 12.6. The highest BCUT2D eigenvalue weighted by molar-refractivity contribution is 7.17. The molecule has 0 fully saturated rings. The Balaban J connectivity index is 1.27. The first-order chi connectivity index (χ1) is 19.6. The van der Waals surface area contributed by atoms with Crippen LogP contribution in [-0.4, -0.2) is 53.5 Å². The van der Waals surface area contributed by atoms with Gasteiger partial charge in [0.15, 0.2) is 4.88 Å². The monoisotopic (exact) mass is 556 g/mol. The molecule has 4 aromatic rings. The number of nitrogens with one attached hydrogen (secondary N) is 2. The number of aliphatic imine (C=N–C) groups is 1. The number of hydrazone groups is 1. The van der Waals surface area contributed by atoms with E-state index in [1.54, 1.807) is 26.5 Å². The van der Waals surface area contributed by atoms with E-state index in [1.165, 1.54) is 16.9 Å². The molecule has 4 N–H and O–H groups in total. The fraction of sp³-hybridized carbons (Fsp3) is 0.310. The summed E-state index contributed by atoms with van der Waals surface area (Å²) in [6, 6.07) is 11.8. The second-order valence-corrected chi connectivity index (χ2v) is 10.4. The van der Waals surface area contributed by atoms with Gasteiger partial charge < -0.3 is 21.2 Å². The molecule has 5 rings (SSSR count). The predicted molar refractivity (Wildman–Crippen MR) is 161 cm³/mol. The minimum absolute atomic E-state index is 0.245. The van der Waals surface area contributed by atoms with Gasteiger partial charge in [-0.05, 0) is 62.3 Å². The maximum Gasteiger partial charge on any atom is 0.266 e. The second-order valence-electron chi connectivity index (χ2n) is 9.35. The van der Waals surface area contributed by atoms with Crippen molar-refractivity contribution in [2.24, 2.45) is 15.9 Å². The fourth-order valence-electron chi connectivity index (χ4n) is 4.70. The van der Waals surface area contributed by atoms with Crippen LogP contribution in [0.5, 0.6) is 5.88 Å². The molecule has 3 aromatic heterocycles. The number of para-hydroxylation sites is 1. The molecular formula is C29H32N8O2S. The Morgan fingerprint density at radius 3 is 2.85 bits per heavy atom. The summed E-state index contributed by atoms with van der Waals surface area (Å²) < 4.78 is 5.97. The molecule has 0 aliphatic heterocycles. The van der Waals surface area contributed by atoms with Crippen LogP contribution >= 0.6 is 11.3 Å². The number of anilines is 1. The van der Waals surface area contributed by atoms with E-state index in [0.717, 1.165) is 53.5 Å². The SMILES string of the molecule is CNC(=O)c1sc(-c2ccnc(NC)c2)nc1OCCCC(C=Nc1c2c(nc3ccccc13)CCCC2)=NN. The van der Waals surface area contributed by atoms with Crippen molar-refractivity contribution < 1.29 is 9.53 Å².